The van der Waals surface area contributed by atoms with Gasteiger partial charge in [0.05, 0.1) is 13.2 Å². The number of rotatable bonds is 5. The van der Waals surface area contributed by atoms with E-state index >= 15 is 0 Å². The zero-order chi connectivity index (χ0) is 12.2. The van der Waals surface area contributed by atoms with Crippen LogP contribution in [0.5, 0.6) is 5.75 Å². The Balaban J connectivity index is 2.81. The molecule has 0 saturated heterocycles. The van der Waals surface area contributed by atoms with Gasteiger partial charge >= 0.3 is 0 Å². The molecule has 1 N–H and O–H groups in total. The molecule has 1 rings (SSSR count). The van der Waals surface area contributed by atoms with Crippen molar-refractivity contribution in [2.75, 3.05) is 13.2 Å². The number of benzene rings is 1. The molecule has 0 atom stereocenters. The van der Waals surface area contributed by atoms with E-state index in [1.807, 2.05) is 39.8 Å². The number of ether oxygens (including phenoxy) is 1. The molecule has 0 amide bonds. The van der Waals surface area contributed by atoms with Gasteiger partial charge in [0, 0.05) is 9.64 Å². The van der Waals surface area contributed by atoms with Crippen molar-refractivity contribution in [3.8, 4) is 5.75 Å². The molecule has 0 radical (unpaired) electrons. The van der Waals surface area contributed by atoms with Crippen molar-refractivity contribution < 1.29 is 9.84 Å². The van der Waals surface area contributed by atoms with Gasteiger partial charge in [-0.1, -0.05) is 0 Å². The number of hydrogen-bond donors (Lipinski definition) is 1. The Labute approximate surface area is 102 Å². The Morgan fingerprint density at radius 1 is 1.38 bits per heavy atom. The summed E-state index contributed by atoms with van der Waals surface area (Å²) in [5, 5.41) is 9.22. The lowest BCUT2D eigenvalue weighted by molar-refractivity contribution is 0.265. The van der Waals surface area contributed by atoms with Crippen molar-refractivity contribution in [3.05, 3.63) is 23.8 Å². The third kappa shape index (κ3) is 3.72. The van der Waals surface area contributed by atoms with Gasteiger partial charge in [-0.2, -0.15) is 0 Å². The summed E-state index contributed by atoms with van der Waals surface area (Å²) >= 11 is 1.68. The van der Waals surface area contributed by atoms with Crippen LogP contribution in [0.3, 0.4) is 0 Å². The third-order valence-electron chi connectivity index (χ3n) is 2.22. The lowest BCUT2D eigenvalue weighted by Crippen LogP contribution is -2.19. The van der Waals surface area contributed by atoms with Crippen LogP contribution in [0, 0.1) is 6.92 Å². The number of hydrogen-bond acceptors (Lipinski definition) is 3. The Kier molecular flexibility index (Phi) is 4.69. The van der Waals surface area contributed by atoms with Crippen LogP contribution in [-0.2, 0) is 0 Å². The molecule has 0 aliphatic heterocycles. The van der Waals surface area contributed by atoms with Crippen LogP contribution in [0.25, 0.3) is 0 Å². The summed E-state index contributed by atoms with van der Waals surface area (Å²) in [5.74, 6) is 0.939. The normalized spacial score (nSPS) is 11.6. The predicted octanol–water partition coefficient (Wildman–Crippen LogP) is 3.26. The highest BCUT2D eigenvalue weighted by Crippen LogP contribution is 2.34. The monoisotopic (exact) mass is 240 g/mol. The molecule has 2 nitrogen and oxygen atoms in total. The van der Waals surface area contributed by atoms with Crippen molar-refractivity contribution in [2.24, 2.45) is 0 Å². The lowest BCUT2D eigenvalue weighted by Gasteiger charge is -2.21. The summed E-state index contributed by atoms with van der Waals surface area (Å²) in [6, 6.07) is 6.14. The van der Waals surface area contributed by atoms with E-state index in [1.165, 1.54) is 4.90 Å². The second-order valence-corrected chi connectivity index (χ2v) is 6.16. The van der Waals surface area contributed by atoms with Gasteiger partial charge in [-0.3, -0.25) is 0 Å². The van der Waals surface area contributed by atoms with Crippen molar-refractivity contribution >= 4 is 11.8 Å². The van der Waals surface area contributed by atoms with E-state index < -0.39 is 0 Å². The van der Waals surface area contributed by atoms with Crippen LogP contribution >= 0.6 is 11.8 Å². The first kappa shape index (κ1) is 13.4. The van der Waals surface area contributed by atoms with Gasteiger partial charge in [0.25, 0.3) is 0 Å². The van der Waals surface area contributed by atoms with Gasteiger partial charge in [0.2, 0.25) is 0 Å². The summed E-state index contributed by atoms with van der Waals surface area (Å²) in [5.41, 5.74) is 1.14. The molecular weight excluding hydrogens is 220 g/mol. The molecule has 0 spiro atoms. The molecule has 16 heavy (non-hydrogen) atoms. The minimum Gasteiger partial charge on any atom is -0.494 e. The van der Waals surface area contributed by atoms with Crippen LogP contribution in [-0.4, -0.2) is 23.1 Å². The fraction of sp³-hybridized carbons (Fsp3) is 0.538. The first-order valence-electron chi connectivity index (χ1n) is 5.52. The molecule has 0 aliphatic carbocycles. The second-order valence-electron chi connectivity index (χ2n) is 4.38. The Hall–Kier alpha value is -0.670. The highest BCUT2D eigenvalue weighted by atomic mass is 32.2. The number of aryl methyl sites for hydroxylation is 1. The van der Waals surface area contributed by atoms with Crippen LogP contribution in [0.4, 0.5) is 0 Å². The average molecular weight is 240 g/mol. The van der Waals surface area contributed by atoms with E-state index in [4.69, 9.17) is 4.74 Å². The summed E-state index contributed by atoms with van der Waals surface area (Å²) in [6.07, 6.45) is 0. The molecule has 1 aromatic carbocycles. The molecule has 0 saturated carbocycles. The quantitative estimate of drug-likeness (QED) is 0.801. The van der Waals surface area contributed by atoms with Crippen LogP contribution in [0.15, 0.2) is 23.1 Å². The van der Waals surface area contributed by atoms with Crippen LogP contribution in [0.2, 0.25) is 0 Å². The van der Waals surface area contributed by atoms with Crippen LogP contribution < -0.4 is 4.74 Å². The molecule has 0 aliphatic rings. The maximum atomic E-state index is 9.22. The first-order valence-corrected chi connectivity index (χ1v) is 6.33. The van der Waals surface area contributed by atoms with E-state index in [-0.39, 0.29) is 11.4 Å². The molecular formula is C13H20O2S. The summed E-state index contributed by atoms with van der Waals surface area (Å²) in [6.45, 7) is 8.95. The van der Waals surface area contributed by atoms with Gasteiger partial charge in [-0.15, -0.1) is 11.8 Å². The fourth-order valence-corrected chi connectivity index (χ4v) is 2.43. The molecule has 0 unspecified atom stereocenters. The lowest BCUT2D eigenvalue weighted by atomic mass is 10.2. The highest BCUT2D eigenvalue weighted by molar-refractivity contribution is 8.00. The number of aliphatic hydroxyl groups excluding tert-OH is 1. The largest absolute Gasteiger partial charge is 0.494 e. The average Bonchev–Trinajstić information content (AvgIpc) is 2.22. The molecule has 0 fully saturated rings. The fourth-order valence-electron chi connectivity index (χ4n) is 1.35. The van der Waals surface area contributed by atoms with Gasteiger partial charge < -0.3 is 9.84 Å². The van der Waals surface area contributed by atoms with Gasteiger partial charge in [-0.05, 0) is 51.5 Å². The maximum Gasteiger partial charge on any atom is 0.122 e. The predicted molar refractivity (Wildman–Crippen MR) is 69.4 cm³/mol. The van der Waals surface area contributed by atoms with Gasteiger partial charge in [0.15, 0.2) is 0 Å². The smallest absolute Gasteiger partial charge is 0.122 e. The van der Waals surface area contributed by atoms with Crippen LogP contribution in [0.1, 0.15) is 26.3 Å². The molecule has 90 valence electrons. The maximum absolute atomic E-state index is 9.22. The third-order valence-corrected chi connectivity index (χ3v) is 3.39. The highest BCUT2D eigenvalue weighted by Gasteiger charge is 2.18. The van der Waals surface area contributed by atoms with E-state index in [1.54, 1.807) is 11.8 Å². The zero-order valence-electron chi connectivity index (χ0n) is 10.4. The minimum absolute atomic E-state index is 0.139. The summed E-state index contributed by atoms with van der Waals surface area (Å²) in [7, 11) is 0. The SMILES string of the molecule is CCOc1ccc(SC(C)(C)CO)cc1C. The second kappa shape index (κ2) is 5.60. The van der Waals surface area contributed by atoms with E-state index in [0.29, 0.717) is 6.61 Å². The summed E-state index contributed by atoms with van der Waals surface area (Å²) < 4.78 is 5.35. The molecule has 0 bridgehead atoms. The van der Waals surface area contributed by atoms with Crippen molar-refractivity contribution in [2.45, 2.75) is 37.3 Å². The van der Waals surface area contributed by atoms with E-state index in [0.717, 1.165) is 11.3 Å². The standard InChI is InChI=1S/C13H20O2S/c1-5-15-12-7-6-11(8-10(12)2)16-13(3,4)9-14/h6-8,14H,5,9H2,1-4H3. The summed E-state index contributed by atoms with van der Waals surface area (Å²) in [4.78, 5) is 1.17. The first-order chi connectivity index (χ1) is 7.48. The van der Waals surface area contributed by atoms with Crippen molar-refractivity contribution in [1.29, 1.82) is 0 Å². The molecule has 0 aromatic heterocycles. The number of aliphatic hydroxyl groups is 1. The Morgan fingerprint density at radius 2 is 2.06 bits per heavy atom. The molecule has 3 heteroatoms. The van der Waals surface area contributed by atoms with Gasteiger partial charge in [0.1, 0.15) is 5.75 Å². The molecule has 1 aromatic rings. The van der Waals surface area contributed by atoms with Crippen molar-refractivity contribution in [1.82, 2.24) is 0 Å². The molecule has 0 heterocycles. The van der Waals surface area contributed by atoms with E-state index in [2.05, 4.69) is 6.07 Å². The number of thioether (sulfide) groups is 1. The van der Waals surface area contributed by atoms with Gasteiger partial charge in [-0.25, -0.2) is 0 Å². The van der Waals surface area contributed by atoms with Crippen molar-refractivity contribution in [3.63, 3.8) is 0 Å². The zero-order valence-corrected chi connectivity index (χ0v) is 11.2. The topological polar surface area (TPSA) is 29.5 Å². The Bertz CT molecular complexity index is 348. The van der Waals surface area contributed by atoms with E-state index in [9.17, 15) is 5.11 Å². The minimum atomic E-state index is -0.139. The Morgan fingerprint density at radius 3 is 2.56 bits per heavy atom.